The van der Waals surface area contributed by atoms with Crippen LogP contribution in [-0.2, 0) is 4.79 Å². The summed E-state index contributed by atoms with van der Waals surface area (Å²) in [6.45, 7) is 2.01. The zero-order valence-electron chi connectivity index (χ0n) is 14.5. The minimum Gasteiger partial charge on any atom is -0.334 e. The van der Waals surface area contributed by atoms with E-state index in [0.29, 0.717) is 6.42 Å². The smallest absolute Gasteiger partial charge is 0.315 e. The maximum Gasteiger partial charge on any atom is 0.315 e. The number of urea groups is 1. The van der Waals surface area contributed by atoms with Gasteiger partial charge in [-0.25, -0.2) is 4.79 Å². The number of benzene rings is 2. The maximum atomic E-state index is 12.2. The standard InChI is InChI=1S/C20H25N3O2/c1-14-17(23-20(25)21-14)11-3-2-4-13-19(24)22-18-12-7-9-15-8-5-6-10-16(15)18/h5-10,12,14,17H,2-4,11,13H2,1H3,(H,22,24)(H2,21,23,25). The Morgan fingerprint density at radius 3 is 2.64 bits per heavy atom. The van der Waals surface area contributed by atoms with Gasteiger partial charge in [-0.05, 0) is 31.2 Å². The summed E-state index contributed by atoms with van der Waals surface area (Å²) in [6, 6.07) is 14.3. The third kappa shape index (κ3) is 4.50. The molecule has 2 unspecified atom stereocenters. The Bertz CT molecular complexity index is 754. The number of amides is 3. The Morgan fingerprint density at radius 2 is 1.84 bits per heavy atom. The second kappa shape index (κ2) is 8.01. The van der Waals surface area contributed by atoms with Gasteiger partial charge in [0.25, 0.3) is 0 Å². The van der Waals surface area contributed by atoms with Crippen molar-refractivity contribution < 1.29 is 9.59 Å². The molecular weight excluding hydrogens is 314 g/mol. The molecule has 0 spiro atoms. The Morgan fingerprint density at radius 1 is 1.04 bits per heavy atom. The monoisotopic (exact) mass is 339 g/mol. The minimum absolute atomic E-state index is 0.0561. The number of hydrogen-bond acceptors (Lipinski definition) is 2. The summed E-state index contributed by atoms with van der Waals surface area (Å²) >= 11 is 0. The van der Waals surface area contributed by atoms with E-state index in [2.05, 4.69) is 16.0 Å². The van der Waals surface area contributed by atoms with Crippen LogP contribution in [0.4, 0.5) is 10.5 Å². The number of fused-ring (bicyclic) bond motifs is 1. The quantitative estimate of drug-likeness (QED) is 0.672. The van der Waals surface area contributed by atoms with E-state index in [1.165, 1.54) is 0 Å². The van der Waals surface area contributed by atoms with Gasteiger partial charge in [0.1, 0.15) is 0 Å². The van der Waals surface area contributed by atoms with Crippen molar-refractivity contribution in [2.24, 2.45) is 0 Å². The van der Waals surface area contributed by atoms with E-state index in [-0.39, 0.29) is 24.0 Å². The van der Waals surface area contributed by atoms with Crippen LogP contribution in [0, 0.1) is 0 Å². The first-order valence-electron chi connectivity index (χ1n) is 8.98. The summed E-state index contributed by atoms with van der Waals surface area (Å²) < 4.78 is 0. The van der Waals surface area contributed by atoms with Crippen molar-refractivity contribution in [3.8, 4) is 0 Å². The van der Waals surface area contributed by atoms with Crippen LogP contribution >= 0.6 is 0 Å². The van der Waals surface area contributed by atoms with E-state index in [1.807, 2.05) is 49.4 Å². The van der Waals surface area contributed by atoms with Gasteiger partial charge >= 0.3 is 6.03 Å². The van der Waals surface area contributed by atoms with Crippen molar-refractivity contribution in [2.45, 2.75) is 51.1 Å². The molecule has 0 aromatic heterocycles. The number of anilines is 1. The number of carbonyl (C=O) groups is 2. The Balaban J connectivity index is 1.40. The third-order valence-corrected chi connectivity index (χ3v) is 4.76. The van der Waals surface area contributed by atoms with Gasteiger partial charge in [-0.1, -0.05) is 49.2 Å². The van der Waals surface area contributed by atoms with E-state index in [9.17, 15) is 9.59 Å². The van der Waals surface area contributed by atoms with Crippen LogP contribution in [0.15, 0.2) is 42.5 Å². The van der Waals surface area contributed by atoms with Crippen molar-refractivity contribution in [1.29, 1.82) is 0 Å². The van der Waals surface area contributed by atoms with Crippen molar-refractivity contribution in [2.75, 3.05) is 5.32 Å². The number of carbonyl (C=O) groups excluding carboxylic acids is 2. The predicted molar refractivity (Wildman–Crippen MR) is 101 cm³/mol. The van der Waals surface area contributed by atoms with Crippen LogP contribution in [0.1, 0.15) is 39.0 Å². The third-order valence-electron chi connectivity index (χ3n) is 4.76. The van der Waals surface area contributed by atoms with Gasteiger partial charge in [0, 0.05) is 23.5 Å². The van der Waals surface area contributed by atoms with Gasteiger partial charge < -0.3 is 16.0 Å². The Labute approximate surface area is 148 Å². The molecule has 0 aliphatic carbocycles. The number of nitrogens with one attached hydrogen (secondary N) is 3. The lowest BCUT2D eigenvalue weighted by atomic mass is 10.0. The summed E-state index contributed by atoms with van der Waals surface area (Å²) in [4.78, 5) is 23.4. The molecule has 2 aromatic rings. The summed E-state index contributed by atoms with van der Waals surface area (Å²) in [7, 11) is 0. The average molecular weight is 339 g/mol. The predicted octanol–water partition coefficient (Wildman–Crippen LogP) is 3.80. The molecule has 2 atom stereocenters. The Hall–Kier alpha value is -2.56. The van der Waals surface area contributed by atoms with Crippen molar-refractivity contribution >= 4 is 28.4 Å². The first kappa shape index (κ1) is 17.3. The summed E-state index contributed by atoms with van der Waals surface area (Å²) in [5.74, 6) is 0.0561. The molecule has 1 fully saturated rings. The first-order valence-corrected chi connectivity index (χ1v) is 8.98. The molecule has 1 heterocycles. The highest BCUT2D eigenvalue weighted by molar-refractivity contribution is 6.02. The molecule has 1 aliphatic heterocycles. The van der Waals surface area contributed by atoms with E-state index < -0.39 is 0 Å². The molecule has 1 saturated heterocycles. The van der Waals surface area contributed by atoms with E-state index in [0.717, 1.165) is 42.1 Å². The molecule has 5 nitrogen and oxygen atoms in total. The zero-order valence-corrected chi connectivity index (χ0v) is 14.5. The fourth-order valence-electron chi connectivity index (χ4n) is 3.34. The topological polar surface area (TPSA) is 70.2 Å². The lowest BCUT2D eigenvalue weighted by Gasteiger charge is -2.13. The normalized spacial score (nSPS) is 19.5. The molecule has 0 bridgehead atoms. The largest absolute Gasteiger partial charge is 0.334 e. The van der Waals surface area contributed by atoms with E-state index >= 15 is 0 Å². The molecule has 25 heavy (non-hydrogen) atoms. The first-order chi connectivity index (χ1) is 12.1. The highest BCUT2D eigenvalue weighted by Gasteiger charge is 2.26. The molecule has 132 valence electrons. The van der Waals surface area contributed by atoms with Gasteiger partial charge in [-0.3, -0.25) is 4.79 Å². The van der Waals surface area contributed by atoms with Crippen LogP contribution in [0.2, 0.25) is 0 Å². The molecule has 3 rings (SSSR count). The number of rotatable bonds is 7. The summed E-state index contributed by atoms with van der Waals surface area (Å²) in [5, 5.41) is 11.0. The number of unbranched alkanes of at least 4 members (excludes halogenated alkanes) is 2. The fourth-order valence-corrected chi connectivity index (χ4v) is 3.34. The molecule has 0 radical (unpaired) electrons. The lowest BCUT2D eigenvalue weighted by Crippen LogP contribution is -2.30. The molecule has 5 heteroatoms. The molecule has 2 aromatic carbocycles. The molecule has 3 N–H and O–H groups in total. The molecular formula is C20H25N3O2. The Kier molecular flexibility index (Phi) is 5.53. The van der Waals surface area contributed by atoms with Gasteiger partial charge in [0.2, 0.25) is 5.91 Å². The van der Waals surface area contributed by atoms with Gasteiger partial charge in [0.15, 0.2) is 0 Å². The zero-order chi connectivity index (χ0) is 17.6. The molecule has 1 aliphatic rings. The second-order valence-electron chi connectivity index (χ2n) is 6.69. The van der Waals surface area contributed by atoms with Crippen molar-refractivity contribution in [3.63, 3.8) is 0 Å². The number of hydrogen-bond donors (Lipinski definition) is 3. The van der Waals surface area contributed by atoms with Crippen LogP contribution in [0.5, 0.6) is 0 Å². The maximum absolute atomic E-state index is 12.2. The SMILES string of the molecule is CC1NC(=O)NC1CCCCCC(=O)Nc1cccc2ccccc12. The van der Waals surface area contributed by atoms with Crippen molar-refractivity contribution in [1.82, 2.24) is 10.6 Å². The summed E-state index contributed by atoms with van der Waals surface area (Å²) in [6.07, 6.45) is 4.33. The lowest BCUT2D eigenvalue weighted by molar-refractivity contribution is -0.116. The summed E-state index contributed by atoms with van der Waals surface area (Å²) in [5.41, 5.74) is 0.872. The van der Waals surface area contributed by atoms with Crippen LogP contribution in [0.3, 0.4) is 0 Å². The average Bonchev–Trinajstić information content (AvgIpc) is 2.92. The highest BCUT2D eigenvalue weighted by Crippen LogP contribution is 2.23. The van der Waals surface area contributed by atoms with Crippen LogP contribution in [0.25, 0.3) is 10.8 Å². The van der Waals surface area contributed by atoms with Crippen LogP contribution in [-0.4, -0.2) is 24.0 Å². The van der Waals surface area contributed by atoms with E-state index in [4.69, 9.17) is 0 Å². The van der Waals surface area contributed by atoms with Crippen LogP contribution < -0.4 is 16.0 Å². The highest BCUT2D eigenvalue weighted by atomic mass is 16.2. The minimum atomic E-state index is -0.0769. The molecule has 3 amide bonds. The van der Waals surface area contributed by atoms with Crippen molar-refractivity contribution in [3.05, 3.63) is 42.5 Å². The molecule has 0 saturated carbocycles. The van der Waals surface area contributed by atoms with E-state index in [1.54, 1.807) is 0 Å². The van der Waals surface area contributed by atoms with Gasteiger partial charge in [0.05, 0.1) is 6.04 Å². The van der Waals surface area contributed by atoms with Gasteiger partial charge in [-0.15, -0.1) is 0 Å². The fraction of sp³-hybridized carbons (Fsp3) is 0.400. The van der Waals surface area contributed by atoms with Gasteiger partial charge in [-0.2, -0.15) is 0 Å². The second-order valence-corrected chi connectivity index (χ2v) is 6.69.